The Kier molecular flexibility index (Phi) is 4.24. The zero-order valence-electron chi connectivity index (χ0n) is 10.9. The van der Waals surface area contributed by atoms with E-state index in [0.29, 0.717) is 5.52 Å². The zero-order valence-corrected chi connectivity index (χ0v) is 10.9. The zero-order chi connectivity index (χ0) is 14.5. The number of hydrogen-bond acceptors (Lipinski definition) is 4. The van der Waals surface area contributed by atoms with E-state index in [1.807, 2.05) is 0 Å². The second-order valence-electron chi connectivity index (χ2n) is 3.99. The average molecular weight is 276 g/mol. The van der Waals surface area contributed by atoms with Crippen LogP contribution in [0.5, 0.6) is 0 Å². The van der Waals surface area contributed by atoms with Gasteiger partial charge in [-0.25, -0.2) is 14.2 Å². The van der Waals surface area contributed by atoms with E-state index < -0.39 is 17.3 Å². The van der Waals surface area contributed by atoms with Crippen molar-refractivity contribution in [2.24, 2.45) is 0 Å². The molecule has 20 heavy (non-hydrogen) atoms. The highest BCUT2D eigenvalue weighted by molar-refractivity contribution is 5.81. The van der Waals surface area contributed by atoms with E-state index in [0.717, 1.165) is 0 Å². The van der Waals surface area contributed by atoms with Gasteiger partial charge in [0.15, 0.2) is 0 Å². The number of benzene rings is 1. The van der Waals surface area contributed by atoms with E-state index in [1.165, 1.54) is 35.2 Å². The van der Waals surface area contributed by atoms with Crippen LogP contribution in [0.3, 0.4) is 0 Å². The third kappa shape index (κ3) is 2.90. The lowest BCUT2D eigenvalue weighted by atomic mass is 10.2. The van der Waals surface area contributed by atoms with Crippen molar-refractivity contribution in [3.63, 3.8) is 0 Å². The predicted molar refractivity (Wildman–Crippen MR) is 71.7 cm³/mol. The fourth-order valence-electron chi connectivity index (χ4n) is 1.74. The number of halogens is 1. The Morgan fingerprint density at radius 3 is 3.05 bits per heavy atom. The van der Waals surface area contributed by atoms with Gasteiger partial charge in [-0.05, 0) is 19.1 Å². The fourth-order valence-corrected chi connectivity index (χ4v) is 1.74. The molecule has 1 aromatic heterocycles. The highest BCUT2D eigenvalue weighted by Crippen LogP contribution is 2.10. The summed E-state index contributed by atoms with van der Waals surface area (Å²) in [6.45, 7) is 2.10. The summed E-state index contributed by atoms with van der Waals surface area (Å²) >= 11 is 0. The molecule has 0 aliphatic carbocycles. The van der Waals surface area contributed by atoms with E-state index in [1.54, 1.807) is 13.0 Å². The number of nitrogens with zero attached hydrogens (tertiary/aromatic N) is 2. The number of esters is 1. The number of aromatic nitrogens is 2. The lowest BCUT2D eigenvalue weighted by Gasteiger charge is -2.04. The van der Waals surface area contributed by atoms with Crippen LogP contribution in [-0.4, -0.2) is 22.1 Å². The maximum absolute atomic E-state index is 13.6. The van der Waals surface area contributed by atoms with Crippen LogP contribution >= 0.6 is 0 Å². The van der Waals surface area contributed by atoms with Gasteiger partial charge >= 0.3 is 5.97 Å². The molecule has 0 spiro atoms. The van der Waals surface area contributed by atoms with Gasteiger partial charge in [-0.3, -0.25) is 9.36 Å². The second-order valence-corrected chi connectivity index (χ2v) is 3.99. The summed E-state index contributed by atoms with van der Waals surface area (Å²) in [6, 6.07) is 4.28. The Labute approximate surface area is 114 Å². The average Bonchev–Trinajstić information content (AvgIpc) is 2.42. The summed E-state index contributed by atoms with van der Waals surface area (Å²) in [4.78, 5) is 27.2. The minimum absolute atomic E-state index is 0.0560. The molecule has 6 heteroatoms. The second kappa shape index (κ2) is 6.10. The van der Waals surface area contributed by atoms with Gasteiger partial charge in [-0.15, -0.1) is 0 Å². The molecule has 2 aromatic rings. The molecule has 1 aromatic carbocycles. The minimum atomic E-state index is -0.608. The number of ether oxygens (including phenoxy) is 1. The standard InChI is InChI=1S/C14H13FN2O3/c1-2-20-12(18)7-4-8-17-9-16-11-6-3-5-10(15)13(11)14(17)19/h3-7,9H,2,8H2,1H3/b7-4+. The lowest BCUT2D eigenvalue weighted by molar-refractivity contribution is -0.137. The Morgan fingerprint density at radius 1 is 1.50 bits per heavy atom. The first-order chi connectivity index (χ1) is 9.63. The highest BCUT2D eigenvalue weighted by atomic mass is 19.1. The number of carbonyl (C=O) groups is 1. The van der Waals surface area contributed by atoms with Gasteiger partial charge in [-0.1, -0.05) is 12.1 Å². The number of rotatable bonds is 4. The highest BCUT2D eigenvalue weighted by Gasteiger charge is 2.07. The van der Waals surface area contributed by atoms with Crippen LogP contribution in [0.1, 0.15) is 6.92 Å². The summed E-state index contributed by atoms with van der Waals surface area (Å²) in [5.74, 6) is -1.09. The number of carbonyl (C=O) groups excluding carboxylic acids is 1. The molecule has 0 fully saturated rings. The summed E-state index contributed by atoms with van der Waals surface area (Å²) < 4.78 is 19.6. The molecule has 0 bridgehead atoms. The minimum Gasteiger partial charge on any atom is -0.463 e. The summed E-state index contributed by atoms with van der Waals surface area (Å²) in [6.07, 6.45) is 4.01. The molecule has 5 nitrogen and oxygen atoms in total. The monoisotopic (exact) mass is 276 g/mol. The van der Waals surface area contributed by atoms with Crippen LogP contribution in [0, 0.1) is 5.82 Å². The van der Waals surface area contributed by atoms with E-state index in [9.17, 15) is 14.0 Å². The van der Waals surface area contributed by atoms with Crippen LogP contribution < -0.4 is 5.56 Å². The van der Waals surface area contributed by atoms with E-state index in [4.69, 9.17) is 4.74 Å². The Balaban J connectivity index is 2.28. The molecule has 0 amide bonds. The summed E-state index contributed by atoms with van der Waals surface area (Å²) in [5, 5.41) is -0.0560. The Morgan fingerprint density at radius 2 is 2.30 bits per heavy atom. The molecular weight excluding hydrogens is 263 g/mol. The van der Waals surface area contributed by atoms with Crippen LogP contribution in [0.4, 0.5) is 4.39 Å². The Bertz CT molecular complexity index is 722. The van der Waals surface area contributed by atoms with Crippen molar-refractivity contribution in [1.29, 1.82) is 0 Å². The molecule has 0 atom stereocenters. The van der Waals surface area contributed by atoms with Gasteiger partial charge in [0.05, 0.1) is 18.5 Å². The topological polar surface area (TPSA) is 61.2 Å². The molecular formula is C14H13FN2O3. The largest absolute Gasteiger partial charge is 0.463 e. The summed E-state index contributed by atoms with van der Waals surface area (Å²) in [5.41, 5.74) is -0.178. The fraction of sp³-hybridized carbons (Fsp3) is 0.214. The molecule has 0 unspecified atom stereocenters. The van der Waals surface area contributed by atoms with Gasteiger partial charge in [0.25, 0.3) is 5.56 Å². The van der Waals surface area contributed by atoms with Crippen molar-refractivity contribution in [1.82, 2.24) is 9.55 Å². The molecule has 0 saturated heterocycles. The number of hydrogen-bond donors (Lipinski definition) is 0. The van der Waals surface area contributed by atoms with Gasteiger partial charge < -0.3 is 4.74 Å². The lowest BCUT2D eigenvalue weighted by Crippen LogP contribution is -2.21. The number of allylic oxidation sites excluding steroid dienone is 1. The van der Waals surface area contributed by atoms with Crippen LogP contribution in [0.25, 0.3) is 10.9 Å². The quantitative estimate of drug-likeness (QED) is 0.629. The first-order valence-corrected chi connectivity index (χ1v) is 6.10. The third-order valence-corrected chi connectivity index (χ3v) is 2.65. The molecule has 0 N–H and O–H groups in total. The van der Waals surface area contributed by atoms with Gasteiger partial charge in [0.2, 0.25) is 0 Å². The normalized spacial score (nSPS) is 11.1. The maximum atomic E-state index is 13.6. The smallest absolute Gasteiger partial charge is 0.330 e. The molecule has 104 valence electrons. The van der Waals surface area contributed by atoms with Crippen molar-refractivity contribution in [2.45, 2.75) is 13.5 Å². The van der Waals surface area contributed by atoms with E-state index >= 15 is 0 Å². The third-order valence-electron chi connectivity index (χ3n) is 2.65. The van der Waals surface area contributed by atoms with Crippen molar-refractivity contribution in [3.05, 3.63) is 52.8 Å². The Hall–Kier alpha value is -2.50. The SMILES string of the molecule is CCOC(=O)/C=C/Cn1cnc2cccc(F)c2c1=O. The van der Waals surface area contributed by atoms with Gasteiger partial charge in [0, 0.05) is 12.6 Å². The molecule has 0 aliphatic heterocycles. The molecule has 0 radical (unpaired) electrons. The van der Waals surface area contributed by atoms with Crippen molar-refractivity contribution in [2.75, 3.05) is 6.61 Å². The first-order valence-electron chi connectivity index (χ1n) is 6.10. The van der Waals surface area contributed by atoms with Crippen molar-refractivity contribution >= 4 is 16.9 Å². The van der Waals surface area contributed by atoms with Crippen molar-refractivity contribution < 1.29 is 13.9 Å². The predicted octanol–water partition coefficient (Wildman–Crippen LogP) is 1.65. The van der Waals surface area contributed by atoms with Crippen LogP contribution in [-0.2, 0) is 16.1 Å². The van der Waals surface area contributed by atoms with Crippen molar-refractivity contribution in [3.8, 4) is 0 Å². The maximum Gasteiger partial charge on any atom is 0.330 e. The van der Waals surface area contributed by atoms with Crippen LogP contribution in [0.2, 0.25) is 0 Å². The van der Waals surface area contributed by atoms with Gasteiger partial charge in [0.1, 0.15) is 11.2 Å². The molecule has 0 aliphatic rings. The summed E-state index contributed by atoms with van der Waals surface area (Å²) in [7, 11) is 0. The van der Waals surface area contributed by atoms with Crippen LogP contribution in [0.15, 0.2) is 41.5 Å². The van der Waals surface area contributed by atoms with Gasteiger partial charge in [-0.2, -0.15) is 0 Å². The van der Waals surface area contributed by atoms with E-state index in [2.05, 4.69) is 4.98 Å². The molecule has 1 heterocycles. The number of fused-ring (bicyclic) bond motifs is 1. The molecule has 0 saturated carbocycles. The first kappa shape index (κ1) is 13.9. The molecule has 2 rings (SSSR count). The van der Waals surface area contributed by atoms with E-state index in [-0.39, 0.29) is 18.5 Å².